The van der Waals surface area contributed by atoms with Crippen LogP contribution in [0.25, 0.3) is 5.57 Å². The van der Waals surface area contributed by atoms with Gasteiger partial charge in [0.05, 0.1) is 5.92 Å². The van der Waals surface area contributed by atoms with E-state index in [9.17, 15) is 14.4 Å². The Morgan fingerprint density at radius 2 is 1.69 bits per heavy atom. The maximum absolute atomic E-state index is 12.9. The summed E-state index contributed by atoms with van der Waals surface area (Å²) in [5.74, 6) is -0.219. The SMILES string of the molecule is CN1CCC(C(=O)O[C@H]2CC[C@@]3(C)C(=CC[C@@H]4[C@@H]3CC[C@]3(C)C(c5cccnc5)=CC[C@@H]43)C2)CC1.O=C(O)CC(=O)O. The molecule has 0 amide bonds. The molecular formula is C34H46N2O6. The third kappa shape index (κ3) is 6.05. The van der Waals surface area contributed by atoms with Crippen LogP contribution in [-0.4, -0.2) is 64.2 Å². The van der Waals surface area contributed by atoms with Gasteiger partial charge in [-0.1, -0.05) is 37.6 Å². The van der Waals surface area contributed by atoms with Gasteiger partial charge < -0.3 is 19.8 Å². The van der Waals surface area contributed by atoms with E-state index < -0.39 is 18.4 Å². The topological polar surface area (TPSA) is 117 Å². The Balaban J connectivity index is 0.000000451. The quantitative estimate of drug-likeness (QED) is 0.254. The van der Waals surface area contributed by atoms with Crippen molar-refractivity contribution in [2.75, 3.05) is 20.1 Å². The van der Waals surface area contributed by atoms with Gasteiger partial charge in [-0.25, -0.2) is 0 Å². The molecule has 42 heavy (non-hydrogen) atoms. The van der Waals surface area contributed by atoms with E-state index >= 15 is 0 Å². The normalized spacial score (nSPS) is 34.4. The van der Waals surface area contributed by atoms with E-state index in [-0.39, 0.29) is 28.8 Å². The largest absolute Gasteiger partial charge is 0.481 e. The number of nitrogens with zero attached hydrogens (tertiary/aromatic N) is 2. The summed E-state index contributed by atoms with van der Waals surface area (Å²) in [5.41, 5.74) is 5.00. The molecule has 0 bridgehead atoms. The van der Waals surface area contributed by atoms with Crippen molar-refractivity contribution in [3.05, 3.63) is 47.8 Å². The standard InChI is InChI=1S/C31H42N2O2.C3H4O4/c1-30-14-10-24(35-29(34)21-12-17-33(3)18-13-21)19-23(30)6-7-25-27-9-8-26(22-5-4-16-32-20-22)31(27,2)15-11-28(25)30;4-2(5)1-3(6)7/h4-6,8,16,20-21,24-25,27-28H,7,9-15,17-19H2,1-3H3;1H2,(H,4,5)(H,6,7)/t24-,25-,27-,28-,30-,31+;/m0./s1. The van der Waals surface area contributed by atoms with Crippen LogP contribution in [0.3, 0.4) is 0 Å². The molecule has 8 heteroatoms. The first-order valence-electron chi connectivity index (χ1n) is 15.6. The van der Waals surface area contributed by atoms with E-state index in [0.717, 1.165) is 62.9 Å². The number of likely N-dealkylation sites (tertiary alicyclic amines) is 1. The van der Waals surface area contributed by atoms with Gasteiger partial charge >= 0.3 is 17.9 Å². The second-order valence-corrected chi connectivity index (χ2v) is 13.7. The Morgan fingerprint density at radius 1 is 0.976 bits per heavy atom. The lowest BCUT2D eigenvalue weighted by molar-refractivity contribution is -0.158. The first-order chi connectivity index (χ1) is 20.0. The monoisotopic (exact) mass is 578 g/mol. The number of aromatic nitrogens is 1. The average Bonchev–Trinajstić information content (AvgIpc) is 3.31. The summed E-state index contributed by atoms with van der Waals surface area (Å²) in [7, 11) is 2.14. The number of ether oxygens (including phenoxy) is 1. The summed E-state index contributed by atoms with van der Waals surface area (Å²) in [6.45, 7) is 7.08. The van der Waals surface area contributed by atoms with Crippen LogP contribution in [0.5, 0.6) is 0 Å². The molecular weight excluding hydrogens is 532 g/mol. The van der Waals surface area contributed by atoms with Crippen LogP contribution in [-0.2, 0) is 19.1 Å². The number of carboxylic acids is 2. The first-order valence-corrected chi connectivity index (χ1v) is 15.6. The lowest BCUT2D eigenvalue weighted by atomic mass is 9.47. The minimum atomic E-state index is -1.31. The van der Waals surface area contributed by atoms with Crippen LogP contribution < -0.4 is 0 Å². The van der Waals surface area contributed by atoms with Crippen LogP contribution >= 0.6 is 0 Å². The van der Waals surface area contributed by atoms with Gasteiger partial charge in [-0.3, -0.25) is 19.4 Å². The number of piperidine rings is 1. The molecule has 6 atom stereocenters. The summed E-state index contributed by atoms with van der Waals surface area (Å²) >= 11 is 0. The summed E-state index contributed by atoms with van der Waals surface area (Å²) in [5, 5.41) is 15.4. The predicted octanol–water partition coefficient (Wildman–Crippen LogP) is 5.84. The highest BCUT2D eigenvalue weighted by Gasteiger charge is 2.57. The predicted molar refractivity (Wildman–Crippen MR) is 159 cm³/mol. The maximum atomic E-state index is 12.9. The molecule has 0 aromatic carbocycles. The molecule has 2 N–H and O–H groups in total. The summed E-state index contributed by atoms with van der Waals surface area (Å²) in [6, 6.07) is 4.32. The van der Waals surface area contributed by atoms with Gasteiger partial charge in [-0.05, 0) is 117 Å². The molecule has 2 saturated carbocycles. The number of hydrogen-bond donors (Lipinski definition) is 2. The Bertz CT molecular complexity index is 1220. The number of pyridine rings is 1. The van der Waals surface area contributed by atoms with Crippen molar-refractivity contribution >= 4 is 23.5 Å². The highest BCUT2D eigenvalue weighted by molar-refractivity contribution is 5.88. The average molecular weight is 579 g/mol. The number of fused-ring (bicyclic) bond motifs is 5. The molecule has 228 valence electrons. The third-order valence-corrected chi connectivity index (χ3v) is 11.2. The summed E-state index contributed by atoms with van der Waals surface area (Å²) in [6.07, 6.45) is 18.3. The first kappa shape index (κ1) is 30.5. The molecule has 0 radical (unpaired) electrons. The Hall–Kier alpha value is -3.00. The molecule has 2 heterocycles. The molecule has 1 saturated heterocycles. The van der Waals surface area contributed by atoms with E-state index in [0.29, 0.717) is 0 Å². The summed E-state index contributed by atoms with van der Waals surface area (Å²) < 4.78 is 6.13. The molecule has 3 fully saturated rings. The maximum Gasteiger partial charge on any atom is 0.314 e. The Morgan fingerprint density at radius 3 is 2.33 bits per heavy atom. The van der Waals surface area contributed by atoms with Crippen LogP contribution in [0.2, 0.25) is 0 Å². The summed E-state index contributed by atoms with van der Waals surface area (Å²) in [4.78, 5) is 38.5. The Labute approximate surface area is 249 Å². The van der Waals surface area contributed by atoms with Gasteiger partial charge in [-0.15, -0.1) is 0 Å². The van der Waals surface area contributed by atoms with Gasteiger partial charge in [0, 0.05) is 18.8 Å². The van der Waals surface area contributed by atoms with Gasteiger partial charge in [0.2, 0.25) is 0 Å². The van der Waals surface area contributed by atoms with Crippen LogP contribution in [0.15, 0.2) is 42.3 Å². The smallest absolute Gasteiger partial charge is 0.314 e. The highest BCUT2D eigenvalue weighted by Crippen LogP contribution is 2.66. The van der Waals surface area contributed by atoms with Crippen molar-refractivity contribution < 1.29 is 29.3 Å². The van der Waals surface area contributed by atoms with E-state index in [1.165, 1.54) is 31.2 Å². The molecule has 0 unspecified atom stereocenters. The zero-order chi connectivity index (χ0) is 30.1. The van der Waals surface area contributed by atoms with Crippen molar-refractivity contribution in [2.45, 2.75) is 84.2 Å². The fourth-order valence-corrected chi connectivity index (χ4v) is 8.90. The van der Waals surface area contributed by atoms with Gasteiger partial charge in [0.1, 0.15) is 12.5 Å². The van der Waals surface area contributed by atoms with E-state index in [4.69, 9.17) is 14.9 Å². The Kier molecular flexibility index (Phi) is 8.93. The van der Waals surface area contributed by atoms with Crippen molar-refractivity contribution in [1.29, 1.82) is 0 Å². The lowest BCUT2D eigenvalue weighted by Crippen LogP contribution is -2.50. The molecule has 8 nitrogen and oxygen atoms in total. The number of aliphatic carboxylic acids is 2. The molecule has 1 aliphatic heterocycles. The number of rotatable bonds is 5. The minimum absolute atomic E-state index is 0.0642. The van der Waals surface area contributed by atoms with E-state index in [2.05, 4.69) is 61.3 Å². The highest BCUT2D eigenvalue weighted by atomic mass is 16.5. The number of carboxylic acid groups (broad SMARTS) is 2. The van der Waals surface area contributed by atoms with Gasteiger partial charge in [0.25, 0.3) is 0 Å². The van der Waals surface area contributed by atoms with Crippen LogP contribution in [0.4, 0.5) is 0 Å². The molecule has 1 aromatic heterocycles. The van der Waals surface area contributed by atoms with Crippen molar-refractivity contribution in [3.8, 4) is 0 Å². The van der Waals surface area contributed by atoms with E-state index in [1.54, 1.807) is 11.1 Å². The number of carbonyl (C=O) groups excluding carboxylic acids is 1. The lowest BCUT2D eigenvalue weighted by Gasteiger charge is -2.58. The van der Waals surface area contributed by atoms with E-state index in [1.807, 2.05) is 6.20 Å². The van der Waals surface area contributed by atoms with Crippen molar-refractivity contribution in [2.24, 2.45) is 34.5 Å². The number of hydrogen-bond acceptors (Lipinski definition) is 6. The third-order valence-electron chi connectivity index (χ3n) is 11.2. The fraction of sp³-hybridized carbons (Fsp3) is 0.647. The second-order valence-electron chi connectivity index (χ2n) is 13.7. The van der Waals surface area contributed by atoms with Crippen LogP contribution in [0.1, 0.15) is 83.6 Å². The number of allylic oxidation sites excluding steroid dienone is 3. The zero-order valence-corrected chi connectivity index (χ0v) is 25.3. The van der Waals surface area contributed by atoms with Crippen LogP contribution in [0, 0.1) is 34.5 Å². The molecule has 5 aliphatic rings. The molecule has 4 aliphatic carbocycles. The number of carbonyl (C=O) groups is 3. The molecule has 1 aromatic rings. The minimum Gasteiger partial charge on any atom is -0.481 e. The zero-order valence-electron chi connectivity index (χ0n) is 25.3. The fourth-order valence-electron chi connectivity index (χ4n) is 8.90. The molecule has 0 spiro atoms. The second kappa shape index (κ2) is 12.3. The van der Waals surface area contributed by atoms with Crippen molar-refractivity contribution in [3.63, 3.8) is 0 Å². The molecule has 6 rings (SSSR count). The van der Waals surface area contributed by atoms with Crippen molar-refractivity contribution in [1.82, 2.24) is 9.88 Å². The van der Waals surface area contributed by atoms with Gasteiger partial charge in [0.15, 0.2) is 0 Å². The number of esters is 1. The van der Waals surface area contributed by atoms with Gasteiger partial charge in [-0.2, -0.15) is 0 Å².